The second-order valence-electron chi connectivity index (χ2n) is 14.9. The van der Waals surface area contributed by atoms with Crippen LogP contribution in [-0.2, 0) is 24.2 Å². The Labute approximate surface area is 345 Å². The van der Waals surface area contributed by atoms with Crippen molar-refractivity contribution in [3.63, 3.8) is 0 Å². The van der Waals surface area contributed by atoms with E-state index in [1.54, 1.807) is 24.0 Å². The van der Waals surface area contributed by atoms with Crippen LogP contribution in [0.3, 0.4) is 0 Å². The zero-order valence-corrected chi connectivity index (χ0v) is 34.0. The van der Waals surface area contributed by atoms with Crippen molar-refractivity contribution in [2.45, 2.75) is 19.5 Å². The number of aromatic nitrogens is 4. The minimum absolute atomic E-state index is 0.161. The van der Waals surface area contributed by atoms with Gasteiger partial charge in [0.2, 0.25) is 11.9 Å². The van der Waals surface area contributed by atoms with Crippen molar-refractivity contribution < 1.29 is 24.1 Å². The first-order valence-electron chi connectivity index (χ1n) is 20.2. The average Bonchev–Trinajstić information content (AvgIpc) is 3.73. The number of carbonyl (C=O) groups is 1. The predicted molar refractivity (Wildman–Crippen MR) is 229 cm³/mol. The minimum Gasteiger partial charge on any atom is -0.497 e. The van der Waals surface area contributed by atoms with E-state index in [1.807, 2.05) is 55.8 Å². The summed E-state index contributed by atoms with van der Waals surface area (Å²) in [6, 6.07) is 24.0. The molecule has 0 atom stereocenters. The molecule has 3 aromatic carbocycles. The molecule has 15 nitrogen and oxygen atoms in total. The van der Waals surface area contributed by atoms with Crippen molar-refractivity contribution in [2.24, 2.45) is 0 Å². The Balaban J connectivity index is 1.05. The van der Waals surface area contributed by atoms with Gasteiger partial charge < -0.3 is 34.0 Å². The summed E-state index contributed by atoms with van der Waals surface area (Å²) in [6.45, 7) is 8.57. The van der Waals surface area contributed by atoms with Crippen LogP contribution in [0.25, 0.3) is 11.3 Å². The van der Waals surface area contributed by atoms with Crippen LogP contribution in [0.2, 0.25) is 0 Å². The highest BCUT2D eigenvalue weighted by Crippen LogP contribution is 2.37. The lowest BCUT2D eigenvalue weighted by Gasteiger charge is -2.36. The maximum atomic E-state index is 14.3. The number of β-amino-alcohol motifs (C(OH)–C–C–N with tert-alkyl or cyclic N) is 1. The topological polar surface area (TPSA) is 136 Å². The molecule has 3 aliphatic rings. The summed E-state index contributed by atoms with van der Waals surface area (Å²) in [6.07, 6.45) is 4.25. The van der Waals surface area contributed by atoms with Gasteiger partial charge in [0.1, 0.15) is 17.3 Å². The van der Waals surface area contributed by atoms with Crippen LogP contribution in [0, 0.1) is 0 Å². The van der Waals surface area contributed by atoms with E-state index in [0.29, 0.717) is 76.6 Å². The number of benzene rings is 3. The molecule has 0 spiro atoms. The number of ether oxygens (including phenoxy) is 3. The molecule has 3 aliphatic heterocycles. The highest BCUT2D eigenvalue weighted by molar-refractivity contribution is 6.04. The third-order valence-corrected chi connectivity index (χ3v) is 11.3. The fourth-order valence-electron chi connectivity index (χ4n) is 7.83. The Morgan fingerprint density at radius 2 is 1.37 bits per heavy atom. The number of aliphatic hydroxyl groups excluding tert-OH is 1. The molecule has 0 radical (unpaired) electrons. The van der Waals surface area contributed by atoms with E-state index in [4.69, 9.17) is 34.1 Å². The van der Waals surface area contributed by atoms with Gasteiger partial charge in [0.25, 0.3) is 0 Å². The lowest BCUT2D eigenvalue weighted by molar-refractivity contribution is 0.122. The number of amides is 2. The fraction of sp³-hybridized carbons (Fsp3) is 0.386. The summed E-state index contributed by atoms with van der Waals surface area (Å²) in [7, 11) is 5.14. The fourth-order valence-corrected chi connectivity index (χ4v) is 7.83. The summed E-state index contributed by atoms with van der Waals surface area (Å²) in [5, 5.41) is 9.31. The molecule has 59 heavy (non-hydrogen) atoms. The zero-order valence-electron chi connectivity index (χ0n) is 34.0. The quantitative estimate of drug-likeness (QED) is 0.176. The molecule has 308 valence electrons. The number of urea groups is 1. The molecule has 2 aromatic heterocycles. The van der Waals surface area contributed by atoms with Crippen molar-refractivity contribution in [3.05, 3.63) is 102 Å². The number of aliphatic hydroxyl groups is 1. The van der Waals surface area contributed by atoms with Gasteiger partial charge in [0.15, 0.2) is 0 Å². The monoisotopic (exact) mass is 800 g/mol. The van der Waals surface area contributed by atoms with Crippen molar-refractivity contribution in [1.29, 1.82) is 0 Å². The average molecular weight is 801 g/mol. The Morgan fingerprint density at radius 3 is 1.95 bits per heavy atom. The van der Waals surface area contributed by atoms with Gasteiger partial charge in [-0.15, -0.1) is 0 Å². The van der Waals surface area contributed by atoms with Crippen LogP contribution in [0.15, 0.2) is 85.2 Å². The van der Waals surface area contributed by atoms with E-state index in [0.717, 1.165) is 77.0 Å². The van der Waals surface area contributed by atoms with E-state index in [9.17, 15) is 9.90 Å². The number of fused-ring (bicyclic) bond motifs is 1. The number of nitrogens with zero attached hydrogens (tertiary/aromatic N) is 10. The second-order valence-corrected chi connectivity index (χ2v) is 14.9. The third kappa shape index (κ3) is 9.02. The van der Waals surface area contributed by atoms with Crippen molar-refractivity contribution >= 4 is 35.1 Å². The van der Waals surface area contributed by atoms with Gasteiger partial charge in [0, 0.05) is 107 Å². The van der Waals surface area contributed by atoms with Crippen LogP contribution >= 0.6 is 0 Å². The molecule has 2 fully saturated rings. The van der Waals surface area contributed by atoms with Crippen LogP contribution in [0.5, 0.6) is 11.5 Å². The minimum atomic E-state index is -0.161. The van der Waals surface area contributed by atoms with Crippen LogP contribution in [0.4, 0.5) is 33.9 Å². The molecule has 0 aliphatic carbocycles. The molecule has 0 unspecified atom stereocenters. The van der Waals surface area contributed by atoms with Crippen molar-refractivity contribution in [1.82, 2.24) is 24.8 Å². The maximum Gasteiger partial charge on any atom is 0.329 e. The number of rotatable bonds is 13. The van der Waals surface area contributed by atoms with Gasteiger partial charge in [-0.1, -0.05) is 24.3 Å². The zero-order chi connectivity index (χ0) is 40.7. The molecule has 2 amide bonds. The smallest absolute Gasteiger partial charge is 0.329 e. The first kappa shape index (κ1) is 39.8. The van der Waals surface area contributed by atoms with E-state index in [1.165, 1.54) is 0 Å². The van der Waals surface area contributed by atoms with Gasteiger partial charge in [-0.05, 0) is 66.1 Å². The van der Waals surface area contributed by atoms with Gasteiger partial charge in [-0.2, -0.15) is 4.98 Å². The lowest BCUT2D eigenvalue weighted by atomic mass is 10.1. The molecule has 15 heteroatoms. The van der Waals surface area contributed by atoms with E-state index in [-0.39, 0.29) is 12.6 Å². The molecular formula is C44H52N10O5. The normalized spacial score (nSPS) is 15.6. The summed E-state index contributed by atoms with van der Waals surface area (Å²) < 4.78 is 16.4. The Bertz CT molecular complexity index is 2110. The van der Waals surface area contributed by atoms with Crippen LogP contribution < -0.4 is 34.0 Å². The van der Waals surface area contributed by atoms with Gasteiger partial charge in [0.05, 0.1) is 39.7 Å². The van der Waals surface area contributed by atoms with Crippen LogP contribution in [-0.4, -0.2) is 129 Å². The number of piperazine rings is 1. The van der Waals surface area contributed by atoms with E-state index >= 15 is 0 Å². The molecule has 5 aromatic rings. The van der Waals surface area contributed by atoms with E-state index in [2.05, 4.69) is 56.0 Å². The number of carbonyl (C=O) groups excluding carboxylic acids is 1. The number of morpholine rings is 1. The van der Waals surface area contributed by atoms with Crippen molar-refractivity contribution in [3.8, 4) is 22.8 Å². The standard InChI is InChI=1S/C44H52N10O5/c1-49(35-8-10-36(11-9-35)51-20-18-50(19-21-51)22-25-55)44(56)54-17-16-39-40(47-43(48-41(39)54)52-23-26-59-27-24-52)34-28-45-42(46-29-34)53(30-32-4-12-37(57-2)13-5-32)31-33-6-14-38(58-3)15-7-33/h4-15,28-29,55H,16-27,30-31H2,1-3H3. The first-order valence-corrected chi connectivity index (χ1v) is 20.2. The molecule has 0 bridgehead atoms. The summed E-state index contributed by atoms with van der Waals surface area (Å²) in [5.41, 5.74) is 6.47. The van der Waals surface area contributed by atoms with Crippen molar-refractivity contribution in [2.75, 3.05) is 118 Å². The Hall–Kier alpha value is -6.03. The highest BCUT2D eigenvalue weighted by atomic mass is 16.5. The molecule has 2 saturated heterocycles. The van der Waals surface area contributed by atoms with Gasteiger partial charge >= 0.3 is 6.03 Å². The SMILES string of the molecule is COc1ccc(CN(Cc2ccc(OC)cc2)c2ncc(-c3nc(N4CCOCC4)nc4c3CCN4C(=O)N(C)c3ccc(N4CCN(CCO)CC4)cc3)cn2)cc1. The van der Waals surface area contributed by atoms with Gasteiger partial charge in [-0.3, -0.25) is 14.7 Å². The first-order chi connectivity index (χ1) is 28.9. The third-order valence-electron chi connectivity index (χ3n) is 11.3. The lowest BCUT2D eigenvalue weighted by Crippen LogP contribution is -2.47. The number of anilines is 5. The molecular weight excluding hydrogens is 749 g/mol. The molecule has 8 rings (SSSR count). The Morgan fingerprint density at radius 1 is 0.763 bits per heavy atom. The molecule has 5 heterocycles. The highest BCUT2D eigenvalue weighted by Gasteiger charge is 2.34. The number of methoxy groups -OCH3 is 2. The summed E-state index contributed by atoms with van der Waals surface area (Å²) >= 11 is 0. The summed E-state index contributed by atoms with van der Waals surface area (Å²) in [5.74, 6) is 3.33. The number of hydrogen-bond acceptors (Lipinski definition) is 13. The predicted octanol–water partition coefficient (Wildman–Crippen LogP) is 4.73. The maximum absolute atomic E-state index is 14.3. The van der Waals surface area contributed by atoms with E-state index < -0.39 is 0 Å². The number of hydrogen-bond donors (Lipinski definition) is 1. The molecule has 1 N–H and O–H groups in total. The van der Waals surface area contributed by atoms with Crippen LogP contribution in [0.1, 0.15) is 16.7 Å². The summed E-state index contributed by atoms with van der Waals surface area (Å²) in [4.78, 5) is 46.6. The van der Waals surface area contributed by atoms with Gasteiger partial charge in [-0.25, -0.2) is 19.7 Å². The largest absolute Gasteiger partial charge is 0.497 e. The Kier molecular flexibility index (Phi) is 12.3. The second kappa shape index (κ2) is 18.3. The molecule has 0 saturated carbocycles.